The number of sulfonamides is 1. The Hall–Kier alpha value is -0.910. The van der Waals surface area contributed by atoms with Crippen LogP contribution in [-0.4, -0.2) is 14.5 Å². The fraction of sp³-hybridized carbons (Fsp3) is 0.538. The molecule has 3 N–H and O–H groups in total. The first-order valence-corrected chi connectivity index (χ1v) is 7.83. The SMILES string of the molecule is CCCC(CC)NS(=O)(=O)c1cccc(CN)c1. The van der Waals surface area contributed by atoms with Gasteiger partial charge in [-0.2, -0.15) is 0 Å². The minimum atomic E-state index is -3.43. The molecule has 0 bridgehead atoms. The van der Waals surface area contributed by atoms with Crippen LogP contribution in [0.3, 0.4) is 0 Å². The standard InChI is InChI=1S/C13H22N2O2S/c1-3-6-12(4-2)15-18(16,17)13-8-5-7-11(9-13)10-14/h5,7-9,12,15H,3-4,6,10,14H2,1-2H3. The summed E-state index contributed by atoms with van der Waals surface area (Å²) in [6.45, 7) is 4.38. The van der Waals surface area contributed by atoms with Gasteiger partial charge in [-0.05, 0) is 30.5 Å². The van der Waals surface area contributed by atoms with E-state index >= 15 is 0 Å². The topological polar surface area (TPSA) is 72.2 Å². The highest BCUT2D eigenvalue weighted by Crippen LogP contribution is 2.13. The van der Waals surface area contributed by atoms with E-state index in [9.17, 15) is 8.42 Å². The van der Waals surface area contributed by atoms with Crippen molar-refractivity contribution in [2.75, 3.05) is 0 Å². The van der Waals surface area contributed by atoms with E-state index in [4.69, 9.17) is 5.73 Å². The number of rotatable bonds is 7. The minimum Gasteiger partial charge on any atom is -0.326 e. The first kappa shape index (κ1) is 15.1. The second-order valence-electron chi connectivity index (χ2n) is 4.37. The van der Waals surface area contributed by atoms with Crippen LogP contribution in [0.5, 0.6) is 0 Å². The third-order valence-corrected chi connectivity index (χ3v) is 4.41. The molecule has 0 saturated heterocycles. The van der Waals surface area contributed by atoms with Gasteiger partial charge in [-0.25, -0.2) is 13.1 Å². The highest BCUT2D eigenvalue weighted by molar-refractivity contribution is 7.89. The average molecular weight is 270 g/mol. The fourth-order valence-corrected chi connectivity index (χ4v) is 3.25. The van der Waals surface area contributed by atoms with Crippen molar-refractivity contribution in [3.63, 3.8) is 0 Å². The fourth-order valence-electron chi connectivity index (χ4n) is 1.82. The Kier molecular flexibility index (Phi) is 5.78. The van der Waals surface area contributed by atoms with Crippen LogP contribution in [0.15, 0.2) is 29.2 Å². The van der Waals surface area contributed by atoms with Crippen LogP contribution in [-0.2, 0) is 16.6 Å². The van der Waals surface area contributed by atoms with E-state index in [2.05, 4.69) is 4.72 Å². The second kappa shape index (κ2) is 6.87. The molecule has 5 heteroatoms. The molecular weight excluding hydrogens is 248 g/mol. The first-order valence-electron chi connectivity index (χ1n) is 6.34. The van der Waals surface area contributed by atoms with Gasteiger partial charge in [0, 0.05) is 12.6 Å². The Labute approximate surface area is 110 Å². The summed E-state index contributed by atoms with van der Waals surface area (Å²) in [5, 5.41) is 0. The summed E-state index contributed by atoms with van der Waals surface area (Å²) >= 11 is 0. The Bertz CT molecular complexity index is 472. The maximum atomic E-state index is 12.2. The highest BCUT2D eigenvalue weighted by atomic mass is 32.2. The molecule has 1 aromatic rings. The first-order chi connectivity index (χ1) is 8.53. The number of nitrogens with one attached hydrogen (secondary N) is 1. The Balaban J connectivity index is 2.91. The summed E-state index contributed by atoms with van der Waals surface area (Å²) in [6.07, 6.45) is 2.61. The lowest BCUT2D eigenvalue weighted by Crippen LogP contribution is -2.34. The summed E-state index contributed by atoms with van der Waals surface area (Å²) in [5.41, 5.74) is 6.34. The predicted molar refractivity (Wildman–Crippen MR) is 73.6 cm³/mol. The van der Waals surface area contributed by atoms with E-state index in [1.807, 2.05) is 19.9 Å². The quantitative estimate of drug-likeness (QED) is 0.796. The zero-order valence-corrected chi connectivity index (χ0v) is 11.8. The van der Waals surface area contributed by atoms with Crippen molar-refractivity contribution in [1.82, 2.24) is 4.72 Å². The molecule has 0 aliphatic heterocycles. The molecule has 102 valence electrons. The Morgan fingerprint density at radius 2 is 2.06 bits per heavy atom. The molecule has 0 spiro atoms. The van der Waals surface area contributed by atoms with Crippen molar-refractivity contribution >= 4 is 10.0 Å². The van der Waals surface area contributed by atoms with Gasteiger partial charge < -0.3 is 5.73 Å². The van der Waals surface area contributed by atoms with Crippen molar-refractivity contribution in [1.29, 1.82) is 0 Å². The van der Waals surface area contributed by atoms with Crippen molar-refractivity contribution < 1.29 is 8.42 Å². The normalized spacial score (nSPS) is 13.5. The summed E-state index contributed by atoms with van der Waals surface area (Å²) in [7, 11) is -3.43. The third kappa shape index (κ3) is 4.08. The molecule has 1 rings (SSSR count). The molecule has 0 aromatic heterocycles. The van der Waals surface area contributed by atoms with Gasteiger partial charge in [0.05, 0.1) is 4.90 Å². The van der Waals surface area contributed by atoms with Gasteiger partial charge in [-0.1, -0.05) is 32.4 Å². The molecule has 0 aliphatic rings. The Morgan fingerprint density at radius 1 is 1.33 bits per heavy atom. The molecule has 0 aliphatic carbocycles. The lowest BCUT2D eigenvalue weighted by Gasteiger charge is -2.16. The van der Waals surface area contributed by atoms with Gasteiger partial charge in [0.1, 0.15) is 0 Å². The van der Waals surface area contributed by atoms with Gasteiger partial charge in [0.15, 0.2) is 0 Å². The lowest BCUT2D eigenvalue weighted by atomic mass is 10.1. The number of hydrogen-bond donors (Lipinski definition) is 2. The van der Waals surface area contributed by atoms with E-state index in [1.54, 1.807) is 18.2 Å². The van der Waals surface area contributed by atoms with Crippen LogP contribution in [0.25, 0.3) is 0 Å². The molecule has 0 amide bonds. The van der Waals surface area contributed by atoms with E-state index in [0.717, 1.165) is 24.8 Å². The summed E-state index contributed by atoms with van der Waals surface area (Å²) in [6, 6.07) is 6.77. The molecule has 0 heterocycles. The van der Waals surface area contributed by atoms with Gasteiger partial charge in [-0.3, -0.25) is 0 Å². The van der Waals surface area contributed by atoms with Crippen molar-refractivity contribution in [3.8, 4) is 0 Å². The predicted octanol–water partition coefficient (Wildman–Crippen LogP) is 2.00. The summed E-state index contributed by atoms with van der Waals surface area (Å²) in [4.78, 5) is 0.292. The number of nitrogens with two attached hydrogens (primary N) is 1. The van der Waals surface area contributed by atoms with E-state index in [0.29, 0.717) is 11.4 Å². The molecule has 4 nitrogen and oxygen atoms in total. The molecule has 0 fully saturated rings. The minimum absolute atomic E-state index is 0.00142. The second-order valence-corrected chi connectivity index (χ2v) is 6.08. The maximum Gasteiger partial charge on any atom is 0.240 e. The molecule has 18 heavy (non-hydrogen) atoms. The maximum absolute atomic E-state index is 12.2. The summed E-state index contributed by atoms with van der Waals surface area (Å²) < 4.78 is 27.1. The number of hydrogen-bond acceptors (Lipinski definition) is 3. The zero-order valence-electron chi connectivity index (χ0n) is 11.0. The van der Waals surface area contributed by atoms with Gasteiger partial charge in [0.2, 0.25) is 10.0 Å². The molecular formula is C13H22N2O2S. The lowest BCUT2D eigenvalue weighted by molar-refractivity contribution is 0.512. The highest BCUT2D eigenvalue weighted by Gasteiger charge is 2.18. The van der Waals surface area contributed by atoms with Crippen LogP contribution < -0.4 is 10.5 Å². The van der Waals surface area contributed by atoms with E-state index in [1.165, 1.54) is 0 Å². The molecule has 0 saturated carbocycles. The van der Waals surface area contributed by atoms with Crippen LogP contribution in [0, 0.1) is 0 Å². The smallest absolute Gasteiger partial charge is 0.240 e. The average Bonchev–Trinajstić information content (AvgIpc) is 2.38. The van der Waals surface area contributed by atoms with E-state index < -0.39 is 10.0 Å². The Morgan fingerprint density at radius 3 is 2.61 bits per heavy atom. The molecule has 1 atom stereocenters. The molecule has 0 radical (unpaired) electrons. The van der Waals surface area contributed by atoms with Crippen molar-refractivity contribution in [3.05, 3.63) is 29.8 Å². The van der Waals surface area contributed by atoms with Crippen LogP contribution in [0.2, 0.25) is 0 Å². The zero-order chi connectivity index (χ0) is 13.6. The van der Waals surface area contributed by atoms with Crippen molar-refractivity contribution in [2.45, 2.75) is 50.6 Å². The number of benzene rings is 1. The molecule has 1 aromatic carbocycles. The van der Waals surface area contributed by atoms with Gasteiger partial charge in [-0.15, -0.1) is 0 Å². The summed E-state index contributed by atoms with van der Waals surface area (Å²) in [5.74, 6) is 0. The van der Waals surface area contributed by atoms with Crippen LogP contribution >= 0.6 is 0 Å². The van der Waals surface area contributed by atoms with Gasteiger partial charge >= 0.3 is 0 Å². The molecule has 1 unspecified atom stereocenters. The van der Waals surface area contributed by atoms with Crippen LogP contribution in [0.1, 0.15) is 38.7 Å². The van der Waals surface area contributed by atoms with Crippen molar-refractivity contribution in [2.24, 2.45) is 5.73 Å². The van der Waals surface area contributed by atoms with Crippen LogP contribution in [0.4, 0.5) is 0 Å². The van der Waals surface area contributed by atoms with E-state index in [-0.39, 0.29) is 6.04 Å². The largest absolute Gasteiger partial charge is 0.326 e. The monoisotopic (exact) mass is 270 g/mol. The third-order valence-electron chi connectivity index (χ3n) is 2.90. The van der Waals surface area contributed by atoms with Gasteiger partial charge in [0.25, 0.3) is 0 Å².